The van der Waals surface area contributed by atoms with Gasteiger partial charge in [0.15, 0.2) is 6.10 Å². The molecule has 0 aliphatic heterocycles. The number of unbranched alkanes of at least 4 members (excludes halogenated alkanes) is 29. The van der Waals surface area contributed by atoms with Gasteiger partial charge in [0.25, 0.3) is 7.82 Å². The normalized spacial score (nSPS) is 13.7. The van der Waals surface area contributed by atoms with Crippen LogP contribution in [-0.4, -0.2) is 64.1 Å². The number of hydrogen-bond donors (Lipinski definition) is 0. The maximum absolute atomic E-state index is 12.7. The van der Waals surface area contributed by atoms with Gasteiger partial charge in [-0.3, -0.25) is 9.36 Å². The van der Waals surface area contributed by atoms with E-state index < -0.39 is 13.9 Å². The van der Waals surface area contributed by atoms with Crippen molar-refractivity contribution in [1.29, 1.82) is 0 Å². The van der Waals surface area contributed by atoms with Gasteiger partial charge in [0.1, 0.15) is 19.8 Å². The summed E-state index contributed by atoms with van der Waals surface area (Å²) in [7, 11) is 1.34. The highest BCUT2D eigenvalue weighted by Crippen LogP contribution is 2.38. The number of esters is 1. The number of carbonyl (C=O) groups excluding carboxylic acids is 1. The van der Waals surface area contributed by atoms with Crippen molar-refractivity contribution >= 4 is 13.8 Å². The monoisotopic (exact) mass is 788 g/mol. The fraction of sp³-hybridized carbons (Fsp3) is 0.933. The lowest BCUT2D eigenvalue weighted by molar-refractivity contribution is -0.870. The number of rotatable bonds is 43. The molecule has 322 valence electrons. The van der Waals surface area contributed by atoms with Crippen LogP contribution in [0.3, 0.4) is 0 Å². The second kappa shape index (κ2) is 38.9. The summed E-state index contributed by atoms with van der Waals surface area (Å²) < 4.78 is 34.4. The van der Waals surface area contributed by atoms with Crippen molar-refractivity contribution < 1.29 is 37.3 Å². The minimum Gasteiger partial charge on any atom is -0.756 e. The molecule has 9 heteroatoms. The molecule has 0 fully saturated rings. The predicted molar refractivity (Wildman–Crippen MR) is 226 cm³/mol. The van der Waals surface area contributed by atoms with E-state index in [0.29, 0.717) is 17.4 Å². The molecule has 0 spiro atoms. The van der Waals surface area contributed by atoms with E-state index in [4.69, 9.17) is 18.5 Å². The Morgan fingerprint density at radius 2 is 0.963 bits per heavy atom. The fourth-order valence-corrected chi connectivity index (χ4v) is 7.30. The zero-order valence-corrected chi connectivity index (χ0v) is 37.3. The van der Waals surface area contributed by atoms with Crippen LogP contribution in [0.5, 0.6) is 0 Å². The van der Waals surface area contributed by atoms with Gasteiger partial charge in [-0.15, -0.1) is 0 Å². The van der Waals surface area contributed by atoms with E-state index in [-0.39, 0.29) is 25.8 Å². The summed E-state index contributed by atoms with van der Waals surface area (Å²) in [4.78, 5) is 25.0. The topological polar surface area (TPSA) is 94.1 Å². The molecule has 0 heterocycles. The molecule has 0 aliphatic rings. The molecular weight excluding hydrogens is 697 g/mol. The van der Waals surface area contributed by atoms with Crippen molar-refractivity contribution in [3.8, 4) is 0 Å². The number of hydrogen-bond acceptors (Lipinski definition) is 7. The first-order valence-corrected chi connectivity index (χ1v) is 24.4. The van der Waals surface area contributed by atoms with E-state index in [1.165, 1.54) is 167 Å². The molecule has 0 saturated carbocycles. The average molecular weight is 788 g/mol. The van der Waals surface area contributed by atoms with Gasteiger partial charge in [0, 0.05) is 6.42 Å². The lowest BCUT2D eigenvalue weighted by Crippen LogP contribution is -2.37. The highest BCUT2D eigenvalue weighted by atomic mass is 31.2. The molecule has 0 saturated heterocycles. The van der Waals surface area contributed by atoms with Gasteiger partial charge >= 0.3 is 5.97 Å². The van der Waals surface area contributed by atoms with Crippen LogP contribution in [0, 0.1) is 0 Å². The Bertz CT molecular complexity index is 879. The number of quaternary nitrogens is 1. The average Bonchev–Trinajstić information content (AvgIpc) is 3.12. The van der Waals surface area contributed by atoms with Crippen molar-refractivity contribution in [1.82, 2.24) is 0 Å². The first kappa shape index (κ1) is 53.1. The third-order valence-corrected chi connectivity index (χ3v) is 11.1. The van der Waals surface area contributed by atoms with Gasteiger partial charge in [-0.05, 0) is 25.3 Å². The van der Waals surface area contributed by atoms with E-state index in [1.807, 2.05) is 27.2 Å². The lowest BCUT2D eigenvalue weighted by atomic mass is 10.0. The zero-order valence-electron chi connectivity index (χ0n) is 36.4. The number of carbonyl (C=O) groups is 1. The third kappa shape index (κ3) is 42.2. The molecular formula is C45H90NO7P. The summed E-state index contributed by atoms with van der Waals surface area (Å²) in [5.41, 5.74) is 0. The van der Waals surface area contributed by atoms with E-state index in [2.05, 4.69) is 13.8 Å². The van der Waals surface area contributed by atoms with Crippen molar-refractivity contribution in [2.24, 2.45) is 0 Å². The van der Waals surface area contributed by atoms with Crippen molar-refractivity contribution in [2.75, 3.05) is 47.5 Å². The minimum atomic E-state index is -4.53. The maximum atomic E-state index is 12.7. The highest BCUT2D eigenvalue weighted by Gasteiger charge is 2.20. The van der Waals surface area contributed by atoms with Gasteiger partial charge in [-0.25, -0.2) is 0 Å². The Kier molecular flexibility index (Phi) is 38.3. The molecule has 54 heavy (non-hydrogen) atoms. The Morgan fingerprint density at radius 3 is 1.37 bits per heavy atom. The molecule has 0 N–H and O–H groups in total. The van der Waals surface area contributed by atoms with Crippen LogP contribution in [0.1, 0.15) is 219 Å². The lowest BCUT2D eigenvalue weighted by Gasteiger charge is -2.28. The standard InChI is InChI=1S/C45H90NO7P/c1-6-8-10-12-14-16-18-20-22-24-26-28-30-32-34-36-38-45(47)53-44(43-52-54(48,49)51-41-39-46(3,4)5)42-50-40-37-35-33-31-29-27-25-23-21-19-17-15-13-11-9-7-2/h37,40,44H,6-36,38-39,41-43H2,1-5H3/b40-37-/t44-/m1/s1. The molecule has 0 rings (SSSR count). The Hall–Kier alpha value is -0.920. The van der Waals surface area contributed by atoms with Crippen molar-refractivity contribution in [3.63, 3.8) is 0 Å². The molecule has 2 atom stereocenters. The number of phosphoric acid groups is 1. The van der Waals surface area contributed by atoms with Gasteiger partial charge in [0.05, 0.1) is 34.0 Å². The van der Waals surface area contributed by atoms with Crippen LogP contribution in [0.15, 0.2) is 12.3 Å². The van der Waals surface area contributed by atoms with Crippen LogP contribution in [0.25, 0.3) is 0 Å². The molecule has 0 aromatic carbocycles. The molecule has 0 bridgehead atoms. The van der Waals surface area contributed by atoms with Gasteiger partial charge in [-0.1, -0.05) is 194 Å². The molecule has 8 nitrogen and oxygen atoms in total. The smallest absolute Gasteiger partial charge is 0.306 e. The first-order chi connectivity index (χ1) is 26.1. The van der Waals surface area contributed by atoms with E-state index >= 15 is 0 Å². The molecule has 0 aliphatic carbocycles. The van der Waals surface area contributed by atoms with Crippen LogP contribution in [-0.2, 0) is 27.9 Å². The predicted octanol–water partition coefficient (Wildman–Crippen LogP) is 13.2. The van der Waals surface area contributed by atoms with Gasteiger partial charge in [0.2, 0.25) is 0 Å². The number of nitrogens with zero attached hydrogens (tertiary/aromatic N) is 1. The van der Waals surface area contributed by atoms with Gasteiger partial charge in [-0.2, -0.15) is 0 Å². The third-order valence-electron chi connectivity index (χ3n) is 10.2. The molecule has 0 radical (unpaired) electrons. The van der Waals surface area contributed by atoms with Crippen LogP contribution >= 0.6 is 7.82 Å². The fourth-order valence-electron chi connectivity index (χ4n) is 6.57. The highest BCUT2D eigenvalue weighted by molar-refractivity contribution is 7.45. The van der Waals surface area contributed by atoms with E-state index in [0.717, 1.165) is 32.1 Å². The Morgan fingerprint density at radius 1 is 0.574 bits per heavy atom. The SMILES string of the molecule is CCCCCCCCCCCCCCCC/C=C\OC[C@H](COP(=O)([O-])OCC[N+](C)(C)C)OC(=O)CCCCCCCCCCCCCCCCCC. The summed E-state index contributed by atoms with van der Waals surface area (Å²) >= 11 is 0. The zero-order chi connectivity index (χ0) is 39.9. The number of ether oxygens (including phenoxy) is 2. The quantitative estimate of drug-likeness (QED) is 0.0200. The number of likely N-dealkylation sites (N-methyl/N-ethyl adjacent to an activating group) is 1. The molecule has 0 amide bonds. The largest absolute Gasteiger partial charge is 0.756 e. The summed E-state index contributed by atoms with van der Waals surface area (Å²) in [5, 5.41) is 0. The first-order valence-electron chi connectivity index (χ1n) is 23.0. The van der Waals surface area contributed by atoms with E-state index in [1.54, 1.807) is 6.26 Å². The van der Waals surface area contributed by atoms with Crippen molar-refractivity contribution in [3.05, 3.63) is 12.3 Å². The van der Waals surface area contributed by atoms with Crippen LogP contribution < -0.4 is 4.89 Å². The summed E-state index contributed by atoms with van der Waals surface area (Å²) in [6.07, 6.45) is 43.1. The second-order valence-electron chi connectivity index (χ2n) is 16.8. The van der Waals surface area contributed by atoms with Crippen LogP contribution in [0.4, 0.5) is 0 Å². The maximum Gasteiger partial charge on any atom is 0.306 e. The number of allylic oxidation sites excluding steroid dienone is 1. The van der Waals surface area contributed by atoms with Gasteiger partial charge < -0.3 is 27.9 Å². The minimum absolute atomic E-state index is 0.0203. The van der Waals surface area contributed by atoms with E-state index in [9.17, 15) is 14.3 Å². The Balaban J connectivity index is 4.23. The van der Waals surface area contributed by atoms with Crippen LogP contribution in [0.2, 0.25) is 0 Å². The summed E-state index contributed by atoms with van der Waals surface area (Å²) in [6, 6.07) is 0. The second-order valence-corrected chi connectivity index (χ2v) is 18.3. The summed E-state index contributed by atoms with van der Waals surface area (Å²) in [6.45, 7) is 4.77. The number of phosphoric ester groups is 1. The molecule has 0 aromatic heterocycles. The molecule has 1 unspecified atom stereocenters. The summed E-state index contributed by atoms with van der Waals surface area (Å²) in [5.74, 6) is -0.351. The van der Waals surface area contributed by atoms with Crippen molar-refractivity contribution in [2.45, 2.75) is 225 Å². The molecule has 0 aromatic rings. The Labute approximate surface area is 335 Å².